The summed E-state index contributed by atoms with van der Waals surface area (Å²) in [6, 6.07) is 0. The van der Waals surface area contributed by atoms with Crippen LogP contribution in [-0.4, -0.2) is 12.5 Å². The lowest BCUT2D eigenvalue weighted by molar-refractivity contribution is -0.124. The van der Waals surface area contributed by atoms with Crippen molar-refractivity contribution in [2.45, 2.75) is 46.5 Å². The minimum atomic E-state index is 0.191. The predicted octanol–water partition coefficient (Wildman–Crippen LogP) is 2.34. The molecule has 0 fully saturated rings. The van der Waals surface area contributed by atoms with Gasteiger partial charge in [-0.2, -0.15) is 0 Å². The van der Waals surface area contributed by atoms with Crippen molar-refractivity contribution < 1.29 is 4.79 Å². The molecule has 0 aliphatic heterocycles. The third-order valence-electron chi connectivity index (χ3n) is 2.04. The summed E-state index contributed by atoms with van der Waals surface area (Å²) >= 11 is 0. The van der Waals surface area contributed by atoms with Crippen molar-refractivity contribution in [2.75, 3.05) is 6.54 Å². The van der Waals surface area contributed by atoms with Crippen LogP contribution in [0.5, 0.6) is 0 Å². The summed E-state index contributed by atoms with van der Waals surface area (Å²) in [5.74, 6) is 0.394. The molecule has 0 radical (unpaired) electrons. The largest absolute Gasteiger partial charge is 0.356 e. The maximum Gasteiger partial charge on any atom is 0.222 e. The molecule has 0 aromatic heterocycles. The first-order chi connectivity index (χ1) is 5.72. The number of carbonyl (C=O) groups excluding carboxylic acids is 1. The lowest BCUT2D eigenvalue weighted by Gasteiger charge is -2.09. The van der Waals surface area contributed by atoms with Crippen LogP contribution in [0.2, 0.25) is 0 Å². The van der Waals surface area contributed by atoms with E-state index >= 15 is 0 Å². The summed E-state index contributed by atoms with van der Waals surface area (Å²) in [5.41, 5.74) is 0. The van der Waals surface area contributed by atoms with E-state index < -0.39 is 0 Å². The summed E-state index contributed by atoms with van der Waals surface area (Å²) in [6.45, 7) is 6.88. The van der Waals surface area contributed by atoms with Gasteiger partial charge in [0.1, 0.15) is 0 Å². The van der Waals surface area contributed by atoms with Crippen LogP contribution in [0.15, 0.2) is 0 Å². The van der Waals surface area contributed by atoms with Crippen LogP contribution < -0.4 is 5.32 Å². The van der Waals surface area contributed by atoms with Crippen LogP contribution >= 0.6 is 0 Å². The van der Waals surface area contributed by atoms with Crippen LogP contribution in [-0.2, 0) is 4.79 Å². The van der Waals surface area contributed by atoms with E-state index in [1.165, 1.54) is 19.3 Å². The Labute approximate surface area is 75.7 Å². The van der Waals surface area contributed by atoms with Crippen molar-refractivity contribution in [3.8, 4) is 0 Å². The predicted molar refractivity (Wildman–Crippen MR) is 52.0 cm³/mol. The van der Waals surface area contributed by atoms with Crippen molar-refractivity contribution >= 4 is 5.91 Å². The highest BCUT2D eigenvalue weighted by Crippen LogP contribution is 2.08. The summed E-state index contributed by atoms with van der Waals surface area (Å²) in [4.78, 5) is 11.2. The first-order valence-corrected chi connectivity index (χ1v) is 5.00. The van der Waals surface area contributed by atoms with Crippen LogP contribution in [0.25, 0.3) is 0 Å². The summed E-state index contributed by atoms with van der Waals surface area (Å²) in [7, 11) is 0. The van der Waals surface area contributed by atoms with Gasteiger partial charge in [0.05, 0.1) is 0 Å². The van der Waals surface area contributed by atoms with Crippen LogP contribution in [0.3, 0.4) is 0 Å². The average Bonchev–Trinajstić information content (AvgIpc) is 2.05. The third kappa shape index (κ3) is 5.16. The van der Waals surface area contributed by atoms with E-state index in [9.17, 15) is 4.79 Å². The van der Waals surface area contributed by atoms with Crippen molar-refractivity contribution in [1.82, 2.24) is 5.32 Å². The number of hydrogen-bond acceptors (Lipinski definition) is 1. The first-order valence-electron chi connectivity index (χ1n) is 5.00. The second-order valence-corrected chi connectivity index (χ2v) is 3.29. The molecule has 0 rings (SSSR count). The van der Waals surface area contributed by atoms with Crippen molar-refractivity contribution in [2.24, 2.45) is 5.92 Å². The highest BCUT2D eigenvalue weighted by atomic mass is 16.1. The minimum absolute atomic E-state index is 0.191. The third-order valence-corrected chi connectivity index (χ3v) is 2.04. The molecule has 1 N–H and O–H groups in total. The number of unbranched alkanes of at least 4 members (excludes halogenated alkanes) is 2. The zero-order valence-corrected chi connectivity index (χ0v) is 8.52. The van der Waals surface area contributed by atoms with E-state index in [0.29, 0.717) is 0 Å². The van der Waals surface area contributed by atoms with Crippen molar-refractivity contribution in [1.29, 1.82) is 0 Å². The van der Waals surface area contributed by atoms with Crippen molar-refractivity contribution in [3.63, 3.8) is 0 Å². The Kier molecular flexibility index (Phi) is 6.82. The monoisotopic (exact) mass is 171 g/mol. The molecule has 0 aliphatic rings. The average molecular weight is 171 g/mol. The van der Waals surface area contributed by atoms with E-state index in [1.54, 1.807) is 0 Å². The molecule has 0 saturated heterocycles. The Hall–Kier alpha value is -0.530. The number of amides is 1. The SMILES string of the molecule is CCCCCC(C)C(=O)NCC. The molecule has 2 heteroatoms. The molecule has 0 saturated carbocycles. The fraction of sp³-hybridized carbons (Fsp3) is 0.900. The summed E-state index contributed by atoms with van der Waals surface area (Å²) in [5, 5.41) is 2.83. The smallest absolute Gasteiger partial charge is 0.222 e. The van der Waals surface area contributed by atoms with Gasteiger partial charge in [-0.05, 0) is 13.3 Å². The highest BCUT2D eigenvalue weighted by molar-refractivity contribution is 5.78. The summed E-state index contributed by atoms with van der Waals surface area (Å²) in [6.07, 6.45) is 4.67. The minimum Gasteiger partial charge on any atom is -0.356 e. The van der Waals surface area contributed by atoms with Gasteiger partial charge in [0.25, 0.3) is 0 Å². The molecule has 0 spiro atoms. The molecule has 1 amide bonds. The molecular formula is C10H21NO. The Morgan fingerprint density at radius 2 is 2.00 bits per heavy atom. The second kappa shape index (κ2) is 7.14. The summed E-state index contributed by atoms with van der Waals surface area (Å²) < 4.78 is 0. The zero-order chi connectivity index (χ0) is 9.40. The number of hydrogen-bond donors (Lipinski definition) is 1. The molecule has 12 heavy (non-hydrogen) atoms. The Bertz CT molecular complexity index is 123. The Balaban J connectivity index is 3.42. The molecule has 0 aromatic rings. The molecule has 0 aliphatic carbocycles. The van der Waals surface area contributed by atoms with E-state index in [-0.39, 0.29) is 11.8 Å². The fourth-order valence-corrected chi connectivity index (χ4v) is 1.18. The van der Waals surface area contributed by atoms with Gasteiger partial charge in [-0.15, -0.1) is 0 Å². The van der Waals surface area contributed by atoms with Crippen LogP contribution in [0.4, 0.5) is 0 Å². The molecule has 1 unspecified atom stereocenters. The van der Waals surface area contributed by atoms with Gasteiger partial charge in [0.15, 0.2) is 0 Å². The standard InChI is InChI=1S/C10H21NO/c1-4-6-7-8-9(3)10(12)11-5-2/h9H,4-8H2,1-3H3,(H,11,12). The number of rotatable bonds is 6. The molecule has 0 aromatic carbocycles. The van der Waals surface area contributed by atoms with Gasteiger partial charge in [-0.1, -0.05) is 33.1 Å². The normalized spacial score (nSPS) is 12.6. The molecule has 72 valence electrons. The lowest BCUT2D eigenvalue weighted by Crippen LogP contribution is -2.28. The highest BCUT2D eigenvalue weighted by Gasteiger charge is 2.09. The van der Waals surface area contributed by atoms with E-state index in [2.05, 4.69) is 12.2 Å². The van der Waals surface area contributed by atoms with Gasteiger partial charge < -0.3 is 5.32 Å². The quantitative estimate of drug-likeness (QED) is 0.611. The van der Waals surface area contributed by atoms with E-state index in [4.69, 9.17) is 0 Å². The Morgan fingerprint density at radius 1 is 1.33 bits per heavy atom. The zero-order valence-electron chi connectivity index (χ0n) is 8.52. The van der Waals surface area contributed by atoms with Gasteiger partial charge >= 0.3 is 0 Å². The lowest BCUT2D eigenvalue weighted by atomic mass is 10.0. The van der Waals surface area contributed by atoms with Gasteiger partial charge in [0, 0.05) is 12.5 Å². The molecular weight excluding hydrogens is 150 g/mol. The molecule has 0 bridgehead atoms. The maximum atomic E-state index is 11.2. The molecule has 1 atom stereocenters. The maximum absolute atomic E-state index is 11.2. The second-order valence-electron chi connectivity index (χ2n) is 3.29. The first kappa shape index (κ1) is 11.5. The van der Waals surface area contributed by atoms with Gasteiger partial charge in [0.2, 0.25) is 5.91 Å². The molecule has 0 heterocycles. The van der Waals surface area contributed by atoms with Crippen LogP contribution in [0, 0.1) is 5.92 Å². The van der Waals surface area contributed by atoms with Gasteiger partial charge in [-0.25, -0.2) is 0 Å². The van der Waals surface area contributed by atoms with Crippen LogP contribution in [0.1, 0.15) is 46.5 Å². The van der Waals surface area contributed by atoms with E-state index in [1.807, 2.05) is 13.8 Å². The van der Waals surface area contributed by atoms with E-state index in [0.717, 1.165) is 13.0 Å². The number of nitrogens with one attached hydrogen (secondary N) is 1. The molecule has 2 nitrogen and oxygen atoms in total. The fourth-order valence-electron chi connectivity index (χ4n) is 1.18. The topological polar surface area (TPSA) is 29.1 Å². The Morgan fingerprint density at radius 3 is 2.50 bits per heavy atom. The van der Waals surface area contributed by atoms with Gasteiger partial charge in [-0.3, -0.25) is 4.79 Å². The van der Waals surface area contributed by atoms with Crippen molar-refractivity contribution in [3.05, 3.63) is 0 Å². The number of carbonyl (C=O) groups is 1.